The van der Waals surface area contributed by atoms with Crippen molar-refractivity contribution in [2.24, 2.45) is 0 Å². The highest BCUT2D eigenvalue weighted by Gasteiger charge is 2.38. The summed E-state index contributed by atoms with van der Waals surface area (Å²) in [7, 11) is 0. The van der Waals surface area contributed by atoms with Crippen molar-refractivity contribution in [1.82, 2.24) is 15.1 Å². The highest BCUT2D eigenvalue weighted by Crippen LogP contribution is 2.40. The Hall–Kier alpha value is -3.69. The summed E-state index contributed by atoms with van der Waals surface area (Å²) < 4.78 is 39.5. The van der Waals surface area contributed by atoms with Crippen molar-refractivity contribution in [1.29, 1.82) is 0 Å². The molecule has 2 atom stereocenters. The van der Waals surface area contributed by atoms with Crippen LogP contribution >= 0.6 is 0 Å². The summed E-state index contributed by atoms with van der Waals surface area (Å²) in [6.07, 6.45) is -2.99. The van der Waals surface area contributed by atoms with Crippen molar-refractivity contribution in [3.8, 4) is 5.75 Å². The van der Waals surface area contributed by atoms with Gasteiger partial charge in [-0.1, -0.05) is 48.5 Å². The maximum Gasteiger partial charge on any atom is 0.416 e. The van der Waals surface area contributed by atoms with Gasteiger partial charge < -0.3 is 15.3 Å². The van der Waals surface area contributed by atoms with Crippen LogP contribution in [0.15, 0.2) is 72.8 Å². The van der Waals surface area contributed by atoms with Gasteiger partial charge in [-0.3, -0.25) is 14.5 Å². The standard InChI is InChI=1S/C29H28F3N3O3/c30-29(31,32)22-10-11-25(26(37)14-22)27(20-8-6-19(18-36)7-9-20)35-16-24(17-35)33-23-12-13-34(15-23)28(38)21-4-2-1-3-5-21/h1-11,14,18,23-24,27,33,37H,12-13,15-17H2/t23-,27?/m0/s1. The molecule has 3 aromatic carbocycles. The van der Waals surface area contributed by atoms with E-state index in [1.165, 1.54) is 6.07 Å². The molecule has 0 bridgehead atoms. The van der Waals surface area contributed by atoms with E-state index in [1.807, 2.05) is 35.2 Å². The molecule has 0 aliphatic carbocycles. The number of hydrogen-bond donors (Lipinski definition) is 2. The van der Waals surface area contributed by atoms with Gasteiger partial charge in [0.15, 0.2) is 0 Å². The first kappa shape index (κ1) is 25.9. The van der Waals surface area contributed by atoms with E-state index in [4.69, 9.17) is 0 Å². The van der Waals surface area contributed by atoms with Crippen LogP contribution in [0.1, 0.15) is 49.9 Å². The Morgan fingerprint density at radius 3 is 2.32 bits per heavy atom. The fourth-order valence-electron chi connectivity index (χ4n) is 5.30. The van der Waals surface area contributed by atoms with Gasteiger partial charge in [0.2, 0.25) is 0 Å². The number of aldehydes is 1. The minimum atomic E-state index is -4.56. The molecule has 2 fully saturated rings. The zero-order chi connectivity index (χ0) is 26.9. The Morgan fingerprint density at radius 1 is 0.974 bits per heavy atom. The lowest BCUT2D eigenvalue weighted by Gasteiger charge is -2.46. The SMILES string of the molecule is O=Cc1ccc(C(c2ccc(C(F)(F)F)cc2O)N2CC(N[C@H]3CCN(C(=O)c4ccccc4)C3)C2)cc1. The molecule has 2 N–H and O–H groups in total. The van der Waals surface area contributed by atoms with Crippen molar-refractivity contribution < 1.29 is 27.9 Å². The van der Waals surface area contributed by atoms with E-state index in [1.54, 1.807) is 24.3 Å². The molecule has 9 heteroatoms. The molecule has 0 radical (unpaired) electrons. The third kappa shape index (κ3) is 5.44. The molecule has 2 saturated heterocycles. The van der Waals surface area contributed by atoms with E-state index >= 15 is 0 Å². The zero-order valence-corrected chi connectivity index (χ0v) is 20.6. The van der Waals surface area contributed by atoms with Crippen LogP contribution in [0, 0.1) is 0 Å². The Bertz CT molecular complexity index is 1290. The number of hydrogen-bond acceptors (Lipinski definition) is 5. The van der Waals surface area contributed by atoms with E-state index in [2.05, 4.69) is 10.2 Å². The molecular formula is C29H28F3N3O3. The monoisotopic (exact) mass is 523 g/mol. The summed E-state index contributed by atoms with van der Waals surface area (Å²) in [6.45, 7) is 2.51. The lowest BCUT2D eigenvalue weighted by Crippen LogP contribution is -2.61. The molecular weight excluding hydrogens is 495 g/mol. The fourth-order valence-corrected chi connectivity index (χ4v) is 5.30. The number of amides is 1. The number of carbonyl (C=O) groups is 2. The van der Waals surface area contributed by atoms with E-state index in [-0.39, 0.29) is 18.0 Å². The molecule has 3 aromatic rings. The molecule has 38 heavy (non-hydrogen) atoms. The van der Waals surface area contributed by atoms with Gasteiger partial charge in [-0.15, -0.1) is 0 Å². The second-order valence-electron chi connectivity index (χ2n) is 9.88. The lowest BCUT2D eigenvalue weighted by atomic mass is 9.91. The summed E-state index contributed by atoms with van der Waals surface area (Å²) in [6, 6.07) is 18.9. The Labute approximate surface area is 218 Å². The predicted molar refractivity (Wildman–Crippen MR) is 136 cm³/mol. The van der Waals surface area contributed by atoms with E-state index in [9.17, 15) is 27.9 Å². The van der Waals surface area contributed by atoms with Crippen LogP contribution in [0.4, 0.5) is 13.2 Å². The van der Waals surface area contributed by atoms with Crippen LogP contribution in [0.3, 0.4) is 0 Å². The van der Waals surface area contributed by atoms with Gasteiger partial charge in [0, 0.05) is 55.0 Å². The quantitative estimate of drug-likeness (QED) is 0.446. The van der Waals surface area contributed by atoms with E-state index in [0.717, 1.165) is 30.4 Å². The summed E-state index contributed by atoms with van der Waals surface area (Å²) in [4.78, 5) is 27.8. The smallest absolute Gasteiger partial charge is 0.416 e. The third-order valence-electron chi connectivity index (χ3n) is 7.28. The van der Waals surface area contributed by atoms with Gasteiger partial charge in [0.1, 0.15) is 12.0 Å². The van der Waals surface area contributed by atoms with Crippen molar-refractivity contribution in [2.75, 3.05) is 26.2 Å². The van der Waals surface area contributed by atoms with Crippen molar-refractivity contribution in [2.45, 2.75) is 30.7 Å². The van der Waals surface area contributed by atoms with Crippen LogP contribution < -0.4 is 5.32 Å². The van der Waals surface area contributed by atoms with Gasteiger partial charge in [-0.2, -0.15) is 13.2 Å². The molecule has 6 nitrogen and oxygen atoms in total. The average molecular weight is 524 g/mol. The first-order valence-corrected chi connectivity index (χ1v) is 12.5. The largest absolute Gasteiger partial charge is 0.508 e. The minimum Gasteiger partial charge on any atom is -0.508 e. The zero-order valence-electron chi connectivity index (χ0n) is 20.6. The molecule has 0 spiro atoms. The maximum atomic E-state index is 13.2. The number of phenols is 1. The Balaban J connectivity index is 1.27. The van der Waals surface area contributed by atoms with Crippen LogP contribution in [-0.2, 0) is 6.18 Å². The van der Waals surface area contributed by atoms with Crippen LogP contribution in [0.5, 0.6) is 5.75 Å². The van der Waals surface area contributed by atoms with Crippen molar-refractivity contribution in [3.05, 3.63) is 101 Å². The van der Waals surface area contributed by atoms with Crippen LogP contribution in [-0.4, -0.2) is 65.4 Å². The Kier molecular flexibility index (Phi) is 7.23. The first-order valence-electron chi connectivity index (χ1n) is 12.5. The molecule has 2 aliphatic rings. The number of carbonyl (C=O) groups excluding carboxylic acids is 2. The Morgan fingerprint density at radius 2 is 1.68 bits per heavy atom. The van der Waals surface area contributed by atoms with Crippen molar-refractivity contribution >= 4 is 12.2 Å². The first-order chi connectivity index (χ1) is 18.2. The van der Waals surface area contributed by atoms with Gasteiger partial charge in [0.05, 0.1) is 11.6 Å². The number of alkyl halides is 3. The highest BCUT2D eigenvalue weighted by molar-refractivity contribution is 5.94. The van der Waals surface area contributed by atoms with Gasteiger partial charge in [-0.05, 0) is 36.2 Å². The molecule has 0 aromatic heterocycles. The van der Waals surface area contributed by atoms with Crippen LogP contribution in [0.2, 0.25) is 0 Å². The number of aromatic hydroxyl groups is 1. The van der Waals surface area contributed by atoms with Gasteiger partial charge in [-0.25, -0.2) is 0 Å². The molecule has 1 unspecified atom stereocenters. The van der Waals surface area contributed by atoms with Gasteiger partial charge in [0.25, 0.3) is 5.91 Å². The average Bonchev–Trinajstić information content (AvgIpc) is 3.36. The van der Waals surface area contributed by atoms with Gasteiger partial charge >= 0.3 is 6.18 Å². The third-order valence-corrected chi connectivity index (χ3v) is 7.28. The predicted octanol–water partition coefficient (Wildman–Crippen LogP) is 4.50. The molecule has 5 rings (SSSR count). The van der Waals surface area contributed by atoms with Crippen molar-refractivity contribution in [3.63, 3.8) is 0 Å². The minimum absolute atomic E-state index is 0.0155. The van der Waals surface area contributed by atoms with E-state index in [0.29, 0.717) is 42.9 Å². The second kappa shape index (κ2) is 10.6. The summed E-state index contributed by atoms with van der Waals surface area (Å²) in [5.74, 6) is -0.409. The summed E-state index contributed by atoms with van der Waals surface area (Å²) in [5.41, 5.74) is 1.39. The highest BCUT2D eigenvalue weighted by atomic mass is 19.4. The number of halogens is 3. The normalized spacial score (nSPS) is 19.2. The maximum absolute atomic E-state index is 13.2. The van der Waals surface area contributed by atoms with E-state index < -0.39 is 23.5 Å². The number of rotatable bonds is 7. The molecule has 0 saturated carbocycles. The molecule has 2 heterocycles. The number of likely N-dealkylation sites (tertiary alicyclic amines) is 2. The number of nitrogens with one attached hydrogen (secondary N) is 1. The number of benzene rings is 3. The summed E-state index contributed by atoms with van der Waals surface area (Å²) in [5, 5.41) is 14.2. The lowest BCUT2D eigenvalue weighted by molar-refractivity contribution is -0.137. The summed E-state index contributed by atoms with van der Waals surface area (Å²) >= 11 is 0. The second-order valence-corrected chi connectivity index (χ2v) is 9.88. The topological polar surface area (TPSA) is 72.9 Å². The molecule has 198 valence electrons. The fraction of sp³-hybridized carbons (Fsp3) is 0.310. The number of nitrogens with zero attached hydrogens (tertiary/aromatic N) is 2. The number of phenolic OH excluding ortho intramolecular Hbond substituents is 1. The molecule has 2 aliphatic heterocycles. The molecule has 1 amide bonds. The van der Waals surface area contributed by atoms with Crippen LogP contribution in [0.25, 0.3) is 0 Å².